The number of nitrogens with one attached hydrogen (secondary N) is 3. The quantitative estimate of drug-likeness (QED) is 0.449. The lowest BCUT2D eigenvalue weighted by Crippen LogP contribution is -2.28. The minimum Gasteiger partial charge on any atom is -0.493 e. The Morgan fingerprint density at radius 2 is 2.11 bits per heavy atom. The summed E-state index contributed by atoms with van der Waals surface area (Å²) in [6.45, 7) is 3.81. The Morgan fingerprint density at radius 3 is 2.78 bits per heavy atom. The number of H-pyrrole nitrogens is 2. The third kappa shape index (κ3) is 6.10. The Labute approximate surface area is 154 Å². The average molecular weight is 375 g/mol. The zero-order chi connectivity index (χ0) is 19.8. The van der Waals surface area contributed by atoms with Crippen LogP contribution in [0, 0.1) is 0 Å². The van der Waals surface area contributed by atoms with Crippen molar-refractivity contribution < 1.29 is 14.3 Å². The van der Waals surface area contributed by atoms with Gasteiger partial charge in [0.15, 0.2) is 11.5 Å². The fourth-order valence-electron chi connectivity index (χ4n) is 2.13. The van der Waals surface area contributed by atoms with Crippen molar-refractivity contribution in [1.29, 1.82) is 0 Å². The second-order valence-electron chi connectivity index (χ2n) is 5.82. The summed E-state index contributed by atoms with van der Waals surface area (Å²) in [6, 6.07) is 5.26. The van der Waals surface area contributed by atoms with E-state index < -0.39 is 17.2 Å². The maximum Gasteiger partial charge on any atom is 0.342 e. The van der Waals surface area contributed by atoms with Gasteiger partial charge in [0, 0.05) is 12.8 Å². The highest BCUT2D eigenvalue weighted by Crippen LogP contribution is 2.28. The number of aryl methyl sites for hydroxylation is 1. The van der Waals surface area contributed by atoms with E-state index in [2.05, 4.69) is 20.7 Å². The molecular weight excluding hydrogens is 354 g/mol. The molecule has 1 aromatic heterocycles. The number of methoxy groups -OCH3 is 1. The normalized spacial score (nSPS) is 11.0. The van der Waals surface area contributed by atoms with Crippen LogP contribution in [0.1, 0.15) is 31.5 Å². The van der Waals surface area contributed by atoms with Gasteiger partial charge in [-0.15, -0.1) is 0 Å². The smallest absolute Gasteiger partial charge is 0.342 e. The highest BCUT2D eigenvalue weighted by atomic mass is 16.5. The first-order valence-electron chi connectivity index (χ1n) is 8.23. The molecule has 0 radical (unpaired) electrons. The van der Waals surface area contributed by atoms with E-state index in [1.165, 1.54) is 6.21 Å². The SMILES string of the molecule is COc1ccc(/C=N/NC(=O)CCc2n[nH]c(=O)[nH]c2=O)cc1OC(C)C. The minimum atomic E-state index is -0.696. The summed E-state index contributed by atoms with van der Waals surface area (Å²) in [5.41, 5.74) is 1.83. The molecule has 0 fully saturated rings. The molecule has 0 spiro atoms. The second kappa shape index (κ2) is 9.32. The summed E-state index contributed by atoms with van der Waals surface area (Å²) in [7, 11) is 1.55. The number of rotatable bonds is 8. The number of benzene rings is 1. The predicted molar refractivity (Wildman–Crippen MR) is 98.3 cm³/mol. The maximum atomic E-state index is 11.8. The lowest BCUT2D eigenvalue weighted by molar-refractivity contribution is -0.121. The number of aromatic nitrogens is 3. The van der Waals surface area contributed by atoms with Crippen molar-refractivity contribution >= 4 is 12.1 Å². The van der Waals surface area contributed by atoms with Gasteiger partial charge in [-0.25, -0.2) is 15.3 Å². The van der Waals surface area contributed by atoms with Crippen molar-refractivity contribution in [3.05, 3.63) is 50.3 Å². The van der Waals surface area contributed by atoms with E-state index in [4.69, 9.17) is 9.47 Å². The summed E-state index contributed by atoms with van der Waals surface area (Å²) in [5, 5.41) is 9.60. The molecule has 27 heavy (non-hydrogen) atoms. The van der Waals surface area contributed by atoms with Crippen LogP contribution in [0.3, 0.4) is 0 Å². The first-order valence-corrected chi connectivity index (χ1v) is 8.23. The van der Waals surface area contributed by atoms with E-state index in [1.54, 1.807) is 25.3 Å². The molecule has 2 aromatic rings. The van der Waals surface area contributed by atoms with E-state index in [0.29, 0.717) is 17.1 Å². The van der Waals surface area contributed by atoms with Gasteiger partial charge in [0.05, 0.1) is 19.4 Å². The molecule has 0 aliphatic carbocycles. The monoisotopic (exact) mass is 375 g/mol. The standard InChI is InChI=1S/C17H21N5O5/c1-10(2)27-14-8-11(4-6-13(14)26-3)9-18-21-15(23)7-5-12-16(24)19-17(25)22-20-12/h4,6,8-10H,5,7H2,1-3H3,(H,21,23)(H2,19,22,24,25)/b18-9+. The predicted octanol–water partition coefficient (Wildman–Crippen LogP) is 0.337. The molecule has 0 saturated heterocycles. The van der Waals surface area contributed by atoms with Gasteiger partial charge in [0.1, 0.15) is 5.69 Å². The Balaban J connectivity index is 1.93. The molecule has 2 rings (SSSR count). The van der Waals surface area contributed by atoms with Crippen molar-refractivity contribution in [2.24, 2.45) is 5.10 Å². The first kappa shape index (κ1) is 19.9. The van der Waals surface area contributed by atoms with Crippen molar-refractivity contribution in [2.75, 3.05) is 7.11 Å². The summed E-state index contributed by atoms with van der Waals surface area (Å²) >= 11 is 0. The Bertz CT molecular complexity index is 932. The fraction of sp³-hybridized carbons (Fsp3) is 0.353. The van der Waals surface area contributed by atoms with Gasteiger partial charge in [-0.05, 0) is 37.6 Å². The van der Waals surface area contributed by atoms with Crippen molar-refractivity contribution in [1.82, 2.24) is 20.6 Å². The average Bonchev–Trinajstić information content (AvgIpc) is 2.61. The molecule has 10 heteroatoms. The van der Waals surface area contributed by atoms with Crippen molar-refractivity contribution in [2.45, 2.75) is 32.8 Å². The molecule has 0 aliphatic heterocycles. The number of carbonyl (C=O) groups is 1. The highest BCUT2D eigenvalue weighted by molar-refractivity contribution is 5.83. The maximum absolute atomic E-state index is 11.8. The Hall–Kier alpha value is -3.43. The van der Waals surface area contributed by atoms with Crippen LogP contribution in [0.25, 0.3) is 0 Å². The zero-order valence-electron chi connectivity index (χ0n) is 15.2. The number of carbonyl (C=O) groups excluding carboxylic acids is 1. The second-order valence-corrected chi connectivity index (χ2v) is 5.82. The van der Waals surface area contributed by atoms with E-state index in [-0.39, 0.29) is 24.6 Å². The molecule has 0 bridgehead atoms. The topological polar surface area (TPSA) is 139 Å². The van der Waals surface area contributed by atoms with Crippen LogP contribution in [0.5, 0.6) is 11.5 Å². The number of amides is 1. The number of hydrogen-bond donors (Lipinski definition) is 3. The number of hydrazone groups is 1. The molecule has 0 atom stereocenters. The number of hydrogen-bond acceptors (Lipinski definition) is 7. The van der Waals surface area contributed by atoms with Crippen LogP contribution in [-0.2, 0) is 11.2 Å². The molecular formula is C17H21N5O5. The van der Waals surface area contributed by atoms with Crippen LogP contribution >= 0.6 is 0 Å². The molecule has 0 aliphatic rings. The Morgan fingerprint density at radius 1 is 1.33 bits per heavy atom. The lowest BCUT2D eigenvalue weighted by Gasteiger charge is -2.13. The minimum absolute atomic E-state index is 0.0101. The zero-order valence-corrected chi connectivity index (χ0v) is 15.2. The molecule has 1 amide bonds. The van der Waals surface area contributed by atoms with Crippen LogP contribution in [-0.4, -0.2) is 40.5 Å². The van der Waals surface area contributed by atoms with E-state index in [1.807, 2.05) is 18.8 Å². The van der Waals surface area contributed by atoms with E-state index in [0.717, 1.165) is 0 Å². The van der Waals surface area contributed by atoms with Crippen molar-refractivity contribution in [3.8, 4) is 11.5 Å². The molecule has 3 N–H and O–H groups in total. The largest absolute Gasteiger partial charge is 0.493 e. The van der Waals surface area contributed by atoms with Gasteiger partial charge in [-0.2, -0.15) is 10.2 Å². The van der Waals surface area contributed by atoms with Crippen LogP contribution < -0.4 is 26.1 Å². The van der Waals surface area contributed by atoms with Crippen LogP contribution in [0.4, 0.5) is 0 Å². The van der Waals surface area contributed by atoms with Gasteiger partial charge in [0.25, 0.3) is 5.56 Å². The van der Waals surface area contributed by atoms with Crippen LogP contribution in [0.15, 0.2) is 32.9 Å². The van der Waals surface area contributed by atoms with Gasteiger partial charge in [-0.1, -0.05) is 0 Å². The molecule has 10 nitrogen and oxygen atoms in total. The summed E-state index contributed by atoms with van der Waals surface area (Å²) in [6.07, 6.45) is 1.51. The third-order valence-electron chi connectivity index (χ3n) is 3.32. The first-order chi connectivity index (χ1) is 12.9. The number of nitrogens with zero attached hydrogens (tertiary/aromatic N) is 2. The number of ether oxygens (including phenoxy) is 2. The van der Waals surface area contributed by atoms with E-state index in [9.17, 15) is 14.4 Å². The Kier molecular flexibility index (Phi) is 6.86. The summed E-state index contributed by atoms with van der Waals surface area (Å²) in [5.74, 6) is 0.778. The van der Waals surface area contributed by atoms with Crippen LogP contribution in [0.2, 0.25) is 0 Å². The van der Waals surface area contributed by atoms with Gasteiger partial charge >= 0.3 is 5.69 Å². The van der Waals surface area contributed by atoms with Gasteiger partial charge < -0.3 is 9.47 Å². The van der Waals surface area contributed by atoms with Gasteiger partial charge in [0.2, 0.25) is 5.91 Å². The lowest BCUT2D eigenvalue weighted by atomic mass is 10.2. The fourth-order valence-corrected chi connectivity index (χ4v) is 2.13. The molecule has 144 valence electrons. The number of aromatic amines is 2. The molecule has 1 heterocycles. The van der Waals surface area contributed by atoms with Crippen molar-refractivity contribution in [3.63, 3.8) is 0 Å². The van der Waals surface area contributed by atoms with E-state index >= 15 is 0 Å². The highest BCUT2D eigenvalue weighted by Gasteiger charge is 2.08. The molecule has 0 unspecified atom stereocenters. The molecule has 0 saturated carbocycles. The summed E-state index contributed by atoms with van der Waals surface area (Å²) < 4.78 is 10.9. The molecule has 1 aromatic carbocycles. The summed E-state index contributed by atoms with van der Waals surface area (Å²) in [4.78, 5) is 36.2. The van der Waals surface area contributed by atoms with Gasteiger partial charge in [-0.3, -0.25) is 14.6 Å². The third-order valence-corrected chi connectivity index (χ3v) is 3.32.